The van der Waals surface area contributed by atoms with Crippen LogP contribution in [0.1, 0.15) is 38.2 Å². The fraction of sp³-hybridized carbons (Fsp3) is 0.500. The van der Waals surface area contributed by atoms with Crippen LogP contribution >= 0.6 is 11.6 Å². The van der Waals surface area contributed by atoms with E-state index in [0.717, 1.165) is 31.7 Å². The molecule has 0 aliphatic heterocycles. The molecule has 2 unspecified atom stereocenters. The van der Waals surface area contributed by atoms with Gasteiger partial charge in [-0.1, -0.05) is 31.4 Å². The van der Waals surface area contributed by atoms with Gasteiger partial charge in [-0.2, -0.15) is 13.2 Å². The Morgan fingerprint density at radius 1 is 1.17 bits per heavy atom. The number of amides is 2. The van der Waals surface area contributed by atoms with Gasteiger partial charge in [-0.25, -0.2) is 0 Å². The van der Waals surface area contributed by atoms with Crippen molar-refractivity contribution in [3.8, 4) is 0 Å². The third-order valence-corrected chi connectivity index (χ3v) is 4.40. The molecule has 1 fully saturated rings. The van der Waals surface area contributed by atoms with Gasteiger partial charge in [-0.3, -0.25) is 9.59 Å². The van der Waals surface area contributed by atoms with Crippen LogP contribution in [0.25, 0.3) is 0 Å². The van der Waals surface area contributed by atoms with E-state index in [1.165, 1.54) is 6.07 Å². The molecule has 1 aliphatic carbocycles. The average molecular weight is 363 g/mol. The summed E-state index contributed by atoms with van der Waals surface area (Å²) in [6.07, 6.45) is -0.968. The lowest BCUT2D eigenvalue weighted by molar-refractivity contribution is -0.138. The summed E-state index contributed by atoms with van der Waals surface area (Å²) in [5, 5.41) is 4.51. The Bertz CT molecular complexity index is 634. The maximum Gasteiger partial charge on any atom is 0.418 e. The summed E-state index contributed by atoms with van der Waals surface area (Å²) in [6.45, 7) is 1.98. The van der Waals surface area contributed by atoms with Crippen LogP contribution in [0.2, 0.25) is 5.02 Å². The first kappa shape index (κ1) is 18.6. The molecule has 0 aromatic heterocycles. The minimum absolute atomic E-state index is 0.110. The van der Waals surface area contributed by atoms with Gasteiger partial charge in [-0.05, 0) is 37.0 Å². The van der Waals surface area contributed by atoms with Gasteiger partial charge in [0.05, 0.1) is 11.3 Å². The van der Waals surface area contributed by atoms with E-state index < -0.39 is 29.2 Å². The van der Waals surface area contributed by atoms with Gasteiger partial charge in [0.25, 0.3) is 0 Å². The SMILES string of the molecule is CC1CCCCC1NC(=O)C(=O)Nc1ccc(Cl)cc1C(F)(F)F. The molecule has 132 valence electrons. The number of halogens is 4. The number of anilines is 1. The maximum atomic E-state index is 13.0. The molecule has 4 nitrogen and oxygen atoms in total. The summed E-state index contributed by atoms with van der Waals surface area (Å²) in [7, 11) is 0. The van der Waals surface area contributed by atoms with Gasteiger partial charge in [0.2, 0.25) is 0 Å². The molecule has 2 amide bonds. The Kier molecular flexibility index (Phi) is 5.74. The van der Waals surface area contributed by atoms with Crippen LogP contribution in [0, 0.1) is 5.92 Å². The second-order valence-electron chi connectivity index (χ2n) is 5.98. The van der Waals surface area contributed by atoms with E-state index in [0.29, 0.717) is 6.07 Å². The van der Waals surface area contributed by atoms with Gasteiger partial charge >= 0.3 is 18.0 Å². The van der Waals surface area contributed by atoms with Crippen LogP contribution in [-0.2, 0) is 15.8 Å². The highest BCUT2D eigenvalue weighted by Gasteiger charge is 2.35. The summed E-state index contributed by atoms with van der Waals surface area (Å²) in [5.41, 5.74) is -1.59. The summed E-state index contributed by atoms with van der Waals surface area (Å²) < 4.78 is 39.0. The Hall–Kier alpha value is -1.76. The molecule has 0 spiro atoms. The second kappa shape index (κ2) is 7.42. The van der Waals surface area contributed by atoms with E-state index in [1.54, 1.807) is 0 Å². The molecule has 8 heteroatoms. The lowest BCUT2D eigenvalue weighted by atomic mass is 9.86. The van der Waals surface area contributed by atoms with Crippen LogP contribution in [0.3, 0.4) is 0 Å². The van der Waals surface area contributed by atoms with E-state index in [9.17, 15) is 22.8 Å². The minimum atomic E-state index is -4.69. The smallest absolute Gasteiger partial charge is 0.345 e. The summed E-state index contributed by atoms with van der Waals surface area (Å²) >= 11 is 5.57. The van der Waals surface area contributed by atoms with E-state index in [1.807, 2.05) is 12.2 Å². The zero-order chi connectivity index (χ0) is 17.9. The van der Waals surface area contributed by atoms with Gasteiger partial charge < -0.3 is 10.6 Å². The number of benzene rings is 1. The number of hydrogen-bond acceptors (Lipinski definition) is 2. The van der Waals surface area contributed by atoms with E-state index in [2.05, 4.69) is 5.32 Å². The fourth-order valence-corrected chi connectivity index (χ4v) is 2.98. The monoisotopic (exact) mass is 362 g/mol. The number of rotatable bonds is 2. The van der Waals surface area contributed by atoms with Crippen LogP contribution in [0.15, 0.2) is 18.2 Å². The average Bonchev–Trinajstić information content (AvgIpc) is 2.50. The molecule has 1 aromatic rings. The van der Waals surface area contributed by atoms with Gasteiger partial charge in [-0.15, -0.1) is 0 Å². The standard InChI is InChI=1S/C16H18ClF3N2O2/c1-9-4-2-3-5-12(9)21-14(23)15(24)22-13-7-6-10(17)8-11(13)16(18,19)20/h6-9,12H,2-5H2,1H3,(H,21,23)(H,22,24). The molecular formula is C16H18ClF3N2O2. The predicted octanol–water partition coefficient (Wildman–Crippen LogP) is 3.99. The fourth-order valence-electron chi connectivity index (χ4n) is 2.80. The quantitative estimate of drug-likeness (QED) is 0.781. The first-order valence-electron chi connectivity index (χ1n) is 7.67. The molecule has 2 rings (SSSR count). The highest BCUT2D eigenvalue weighted by atomic mass is 35.5. The van der Waals surface area contributed by atoms with Crippen LogP contribution in [0.5, 0.6) is 0 Å². The number of alkyl halides is 3. The van der Waals surface area contributed by atoms with E-state index in [4.69, 9.17) is 11.6 Å². The Labute approximate surface area is 142 Å². The maximum absolute atomic E-state index is 13.0. The molecule has 1 aromatic carbocycles. The van der Waals surface area contributed by atoms with Crippen molar-refractivity contribution in [1.82, 2.24) is 5.32 Å². The molecule has 2 atom stereocenters. The molecule has 0 heterocycles. The van der Waals surface area contributed by atoms with Crippen molar-refractivity contribution in [3.05, 3.63) is 28.8 Å². The van der Waals surface area contributed by atoms with Gasteiger partial charge in [0.1, 0.15) is 0 Å². The van der Waals surface area contributed by atoms with Crippen molar-refractivity contribution < 1.29 is 22.8 Å². The van der Waals surface area contributed by atoms with Crippen LogP contribution in [-0.4, -0.2) is 17.9 Å². The van der Waals surface area contributed by atoms with Crippen LogP contribution < -0.4 is 10.6 Å². The number of hydrogen-bond donors (Lipinski definition) is 2. The Balaban J connectivity index is 2.08. The first-order valence-corrected chi connectivity index (χ1v) is 8.05. The van der Waals surface area contributed by atoms with Gasteiger partial charge in [0, 0.05) is 11.1 Å². The Morgan fingerprint density at radius 3 is 2.46 bits per heavy atom. The molecule has 2 N–H and O–H groups in total. The van der Waals surface area contributed by atoms with Crippen molar-refractivity contribution in [2.24, 2.45) is 5.92 Å². The lowest BCUT2D eigenvalue weighted by Gasteiger charge is -2.29. The predicted molar refractivity (Wildman–Crippen MR) is 84.6 cm³/mol. The largest absolute Gasteiger partial charge is 0.418 e. The van der Waals surface area contributed by atoms with Crippen LogP contribution in [0.4, 0.5) is 18.9 Å². The van der Waals surface area contributed by atoms with Gasteiger partial charge in [0.15, 0.2) is 0 Å². The minimum Gasteiger partial charge on any atom is -0.345 e. The number of nitrogens with one attached hydrogen (secondary N) is 2. The first-order chi connectivity index (χ1) is 11.2. The van der Waals surface area contributed by atoms with E-state index in [-0.39, 0.29) is 17.0 Å². The zero-order valence-electron chi connectivity index (χ0n) is 13.0. The van der Waals surface area contributed by atoms with Crippen molar-refractivity contribution in [3.63, 3.8) is 0 Å². The van der Waals surface area contributed by atoms with E-state index >= 15 is 0 Å². The molecule has 0 saturated heterocycles. The summed E-state index contributed by atoms with van der Waals surface area (Å²) in [5.74, 6) is -1.82. The molecule has 1 saturated carbocycles. The lowest BCUT2D eigenvalue weighted by Crippen LogP contribution is -2.45. The highest BCUT2D eigenvalue weighted by molar-refractivity contribution is 6.39. The Morgan fingerprint density at radius 2 is 1.83 bits per heavy atom. The van der Waals surface area contributed by atoms with Crippen molar-refractivity contribution in [2.45, 2.75) is 44.8 Å². The summed E-state index contributed by atoms with van der Waals surface area (Å²) in [4.78, 5) is 23.9. The normalized spacial score (nSPS) is 21.2. The third-order valence-electron chi connectivity index (χ3n) is 4.17. The third kappa shape index (κ3) is 4.63. The highest BCUT2D eigenvalue weighted by Crippen LogP contribution is 2.36. The number of carbonyl (C=O) groups excluding carboxylic acids is 2. The molecule has 24 heavy (non-hydrogen) atoms. The topological polar surface area (TPSA) is 58.2 Å². The molecule has 0 bridgehead atoms. The molecule has 1 aliphatic rings. The van der Waals surface area contributed by atoms with Crippen molar-refractivity contribution in [2.75, 3.05) is 5.32 Å². The second-order valence-corrected chi connectivity index (χ2v) is 6.42. The number of carbonyl (C=O) groups is 2. The molecular weight excluding hydrogens is 345 g/mol. The van der Waals surface area contributed by atoms with Crippen molar-refractivity contribution in [1.29, 1.82) is 0 Å². The summed E-state index contributed by atoms with van der Waals surface area (Å²) in [6, 6.07) is 2.81. The van der Waals surface area contributed by atoms with Crippen molar-refractivity contribution >= 4 is 29.1 Å². The molecule has 0 radical (unpaired) electrons. The zero-order valence-corrected chi connectivity index (χ0v) is 13.8.